The third-order valence-electron chi connectivity index (χ3n) is 5.80. The lowest BCUT2D eigenvalue weighted by Gasteiger charge is -2.13. The first kappa shape index (κ1) is 24.8. The van der Waals surface area contributed by atoms with E-state index in [0.29, 0.717) is 28.8 Å². The number of imide groups is 1. The number of nitrogens with one attached hydrogen (secondary N) is 1. The number of amides is 3. The number of fused-ring (bicyclic) bond motifs is 1. The molecule has 10 nitrogen and oxygen atoms in total. The van der Waals surface area contributed by atoms with Gasteiger partial charge in [-0.1, -0.05) is 36.4 Å². The van der Waals surface area contributed by atoms with Crippen molar-refractivity contribution in [3.63, 3.8) is 0 Å². The van der Waals surface area contributed by atoms with Crippen LogP contribution in [0.5, 0.6) is 5.75 Å². The predicted molar refractivity (Wildman–Crippen MR) is 143 cm³/mol. The fraction of sp³-hybridized carbons (Fsp3) is 0.0741. The minimum atomic E-state index is -0.612. The second kappa shape index (κ2) is 10.2. The first-order valence-electron chi connectivity index (χ1n) is 11.3. The fourth-order valence-corrected chi connectivity index (χ4v) is 4.82. The highest BCUT2D eigenvalue weighted by Crippen LogP contribution is 2.36. The molecular weight excluding hydrogens is 510 g/mol. The molecule has 0 radical (unpaired) electrons. The molecule has 1 saturated heterocycles. The Hall–Kier alpha value is -4.90. The summed E-state index contributed by atoms with van der Waals surface area (Å²) < 4.78 is 11.0. The van der Waals surface area contributed by atoms with Crippen LogP contribution in [0.15, 0.2) is 82.1 Å². The topological polar surface area (TPSA) is 132 Å². The highest BCUT2D eigenvalue weighted by Gasteiger charge is 2.36. The number of thioether (sulfide) groups is 1. The van der Waals surface area contributed by atoms with Crippen LogP contribution in [0.4, 0.5) is 16.2 Å². The van der Waals surface area contributed by atoms with Crippen molar-refractivity contribution in [2.45, 2.75) is 0 Å². The Morgan fingerprint density at radius 3 is 2.68 bits per heavy atom. The van der Waals surface area contributed by atoms with Gasteiger partial charge in [0, 0.05) is 23.2 Å². The molecule has 1 fully saturated rings. The quantitative estimate of drug-likeness (QED) is 0.183. The van der Waals surface area contributed by atoms with Gasteiger partial charge in [0.05, 0.1) is 28.6 Å². The molecule has 190 valence electrons. The molecule has 0 aliphatic carbocycles. The van der Waals surface area contributed by atoms with Crippen LogP contribution in [0.25, 0.3) is 28.2 Å². The predicted octanol–water partition coefficient (Wildman–Crippen LogP) is 5.69. The molecule has 11 heteroatoms. The smallest absolute Gasteiger partial charge is 0.294 e. The van der Waals surface area contributed by atoms with Gasteiger partial charge in [0.25, 0.3) is 16.8 Å². The number of rotatable bonds is 7. The number of carbonyl (C=O) groups is 3. The highest BCUT2D eigenvalue weighted by atomic mass is 32.2. The van der Waals surface area contributed by atoms with E-state index in [1.807, 2.05) is 36.4 Å². The zero-order valence-corrected chi connectivity index (χ0v) is 20.7. The van der Waals surface area contributed by atoms with E-state index in [9.17, 15) is 24.5 Å². The molecule has 1 aromatic heterocycles. The zero-order chi connectivity index (χ0) is 26.8. The SMILES string of the molecule is COc1cc([N+](=O)[O-])ccc1-c1ccc(/C=C2/SC(=O)N(CC(=O)Nc3cccc4ccccc34)C2=O)o1. The molecule has 3 amide bonds. The van der Waals surface area contributed by atoms with Crippen LogP contribution in [0.1, 0.15) is 5.76 Å². The van der Waals surface area contributed by atoms with Crippen LogP contribution in [0.2, 0.25) is 0 Å². The van der Waals surface area contributed by atoms with Gasteiger partial charge in [0.1, 0.15) is 23.8 Å². The molecule has 5 rings (SSSR count). The van der Waals surface area contributed by atoms with Crippen LogP contribution in [0.3, 0.4) is 0 Å². The van der Waals surface area contributed by atoms with Gasteiger partial charge in [-0.15, -0.1) is 0 Å². The minimum Gasteiger partial charge on any atom is -0.496 e. The summed E-state index contributed by atoms with van der Waals surface area (Å²) in [5.41, 5.74) is 0.937. The number of hydrogen-bond donors (Lipinski definition) is 1. The van der Waals surface area contributed by atoms with E-state index < -0.39 is 28.5 Å². The number of nitro groups is 1. The standard InChI is InChI=1S/C27H19N3O7S/c1-36-23-13-17(30(34)35)9-11-20(23)22-12-10-18(37-22)14-24-26(32)29(27(33)38-24)15-25(31)28-21-8-4-6-16-5-2-3-7-19(16)21/h2-14H,15H2,1H3,(H,28,31)/b24-14+. The third kappa shape index (κ3) is 4.87. The van der Waals surface area contributed by atoms with E-state index in [0.717, 1.165) is 15.7 Å². The maximum Gasteiger partial charge on any atom is 0.294 e. The number of benzene rings is 3. The number of carbonyl (C=O) groups excluding carboxylic acids is 3. The number of non-ortho nitro benzene ring substituents is 1. The van der Waals surface area contributed by atoms with Crippen LogP contribution >= 0.6 is 11.8 Å². The van der Waals surface area contributed by atoms with Crippen molar-refractivity contribution in [1.29, 1.82) is 0 Å². The summed E-state index contributed by atoms with van der Waals surface area (Å²) >= 11 is 0.704. The lowest BCUT2D eigenvalue weighted by molar-refractivity contribution is -0.384. The lowest BCUT2D eigenvalue weighted by Crippen LogP contribution is -2.36. The van der Waals surface area contributed by atoms with Crippen molar-refractivity contribution < 1.29 is 28.5 Å². The molecule has 1 N–H and O–H groups in total. The van der Waals surface area contributed by atoms with Crippen LogP contribution < -0.4 is 10.1 Å². The van der Waals surface area contributed by atoms with Crippen molar-refractivity contribution >= 4 is 57.0 Å². The second-order valence-electron chi connectivity index (χ2n) is 8.19. The summed E-state index contributed by atoms with van der Waals surface area (Å²) in [5.74, 6) is -0.227. The monoisotopic (exact) mass is 529 g/mol. The Morgan fingerprint density at radius 1 is 1.11 bits per heavy atom. The Morgan fingerprint density at radius 2 is 1.89 bits per heavy atom. The molecule has 1 aliphatic rings. The van der Waals surface area contributed by atoms with E-state index >= 15 is 0 Å². The lowest BCUT2D eigenvalue weighted by atomic mass is 10.1. The van der Waals surface area contributed by atoms with Crippen LogP contribution in [0, 0.1) is 10.1 Å². The van der Waals surface area contributed by atoms with Gasteiger partial charge in [-0.05, 0) is 41.4 Å². The van der Waals surface area contributed by atoms with Gasteiger partial charge < -0.3 is 14.5 Å². The summed E-state index contributed by atoms with van der Waals surface area (Å²) in [6.07, 6.45) is 1.41. The highest BCUT2D eigenvalue weighted by molar-refractivity contribution is 8.18. The molecule has 38 heavy (non-hydrogen) atoms. The molecule has 0 unspecified atom stereocenters. The maximum atomic E-state index is 12.9. The molecule has 0 bridgehead atoms. The Bertz CT molecular complexity index is 1640. The van der Waals surface area contributed by atoms with Gasteiger partial charge in [0.15, 0.2) is 0 Å². The number of methoxy groups -OCH3 is 1. The number of ether oxygens (including phenoxy) is 1. The van der Waals surface area contributed by atoms with Crippen molar-refractivity contribution in [3.8, 4) is 17.1 Å². The van der Waals surface area contributed by atoms with E-state index in [2.05, 4.69) is 5.32 Å². The molecule has 0 saturated carbocycles. The second-order valence-corrected chi connectivity index (χ2v) is 9.18. The summed E-state index contributed by atoms with van der Waals surface area (Å²) in [7, 11) is 1.39. The Balaban J connectivity index is 1.31. The molecule has 0 spiro atoms. The van der Waals surface area contributed by atoms with Gasteiger partial charge in [-0.2, -0.15) is 0 Å². The number of nitro benzene ring substituents is 1. The molecule has 0 atom stereocenters. The van der Waals surface area contributed by atoms with Gasteiger partial charge in [-0.25, -0.2) is 0 Å². The van der Waals surface area contributed by atoms with Crippen molar-refractivity contribution in [3.05, 3.63) is 93.6 Å². The summed E-state index contributed by atoms with van der Waals surface area (Å²) in [6.45, 7) is -0.436. The van der Waals surface area contributed by atoms with Crippen molar-refractivity contribution in [2.75, 3.05) is 19.0 Å². The van der Waals surface area contributed by atoms with Crippen molar-refractivity contribution in [2.24, 2.45) is 0 Å². The first-order valence-corrected chi connectivity index (χ1v) is 12.1. The average Bonchev–Trinajstić information content (AvgIpc) is 3.48. The largest absolute Gasteiger partial charge is 0.496 e. The Labute approximate surface area is 220 Å². The summed E-state index contributed by atoms with van der Waals surface area (Å²) in [4.78, 5) is 49.6. The molecule has 1 aliphatic heterocycles. The summed E-state index contributed by atoms with van der Waals surface area (Å²) in [5, 5.41) is 15.0. The maximum absolute atomic E-state index is 12.9. The first-order chi connectivity index (χ1) is 18.3. The third-order valence-corrected chi connectivity index (χ3v) is 6.71. The van der Waals surface area contributed by atoms with E-state index in [1.165, 1.54) is 31.4 Å². The molecule has 4 aromatic rings. The van der Waals surface area contributed by atoms with E-state index in [4.69, 9.17) is 9.15 Å². The molecular formula is C27H19N3O7S. The average molecular weight is 530 g/mol. The number of furan rings is 1. The van der Waals surface area contributed by atoms with Crippen LogP contribution in [-0.2, 0) is 9.59 Å². The van der Waals surface area contributed by atoms with Crippen LogP contribution in [-0.4, -0.2) is 40.5 Å². The van der Waals surface area contributed by atoms with Crippen molar-refractivity contribution in [1.82, 2.24) is 4.90 Å². The fourth-order valence-electron chi connectivity index (χ4n) is 4.01. The van der Waals surface area contributed by atoms with E-state index in [1.54, 1.807) is 18.2 Å². The van der Waals surface area contributed by atoms with Gasteiger partial charge >= 0.3 is 0 Å². The van der Waals surface area contributed by atoms with Gasteiger partial charge in [-0.3, -0.25) is 29.4 Å². The minimum absolute atomic E-state index is 0.101. The zero-order valence-electron chi connectivity index (χ0n) is 19.9. The number of hydrogen-bond acceptors (Lipinski definition) is 8. The molecule has 2 heterocycles. The van der Waals surface area contributed by atoms with Gasteiger partial charge in [0.2, 0.25) is 5.91 Å². The van der Waals surface area contributed by atoms with E-state index in [-0.39, 0.29) is 22.1 Å². The molecule has 3 aromatic carbocycles. The number of nitrogens with zero attached hydrogens (tertiary/aromatic N) is 2. The Kier molecular flexibility index (Phi) is 6.67. The summed E-state index contributed by atoms with van der Waals surface area (Å²) in [6, 6.07) is 20.4. The number of anilines is 1. The normalized spacial score (nSPS) is 14.3.